The van der Waals surface area contributed by atoms with Crippen LogP contribution < -0.4 is 10.2 Å². The van der Waals surface area contributed by atoms with Crippen LogP contribution in [0.5, 0.6) is 0 Å². The standard InChI is InChI=1S/C16H23ClN4O/c1-19(2)16(22)14-4-3-12(9-15(14)17)20-5-7-21(8-6-20)13-10-18-11-13/h3-4,9,13,18H,5-8,10-11H2,1-2H3. The molecule has 3 rings (SSSR count). The van der Waals surface area contributed by atoms with Crippen LogP contribution in [-0.4, -0.2) is 75.1 Å². The summed E-state index contributed by atoms with van der Waals surface area (Å²) in [6.07, 6.45) is 0. The molecule has 0 spiro atoms. The molecule has 0 aromatic heterocycles. The second kappa shape index (κ2) is 6.44. The van der Waals surface area contributed by atoms with E-state index in [2.05, 4.69) is 15.1 Å². The van der Waals surface area contributed by atoms with Crippen LogP contribution in [0.1, 0.15) is 10.4 Å². The molecule has 2 saturated heterocycles. The number of halogens is 1. The highest BCUT2D eigenvalue weighted by Gasteiger charge is 2.28. The number of carbonyl (C=O) groups excluding carboxylic acids is 1. The molecule has 22 heavy (non-hydrogen) atoms. The Morgan fingerprint density at radius 1 is 1.23 bits per heavy atom. The fraction of sp³-hybridized carbons (Fsp3) is 0.562. The Labute approximate surface area is 136 Å². The lowest BCUT2D eigenvalue weighted by Gasteiger charge is -2.44. The molecule has 1 amide bonds. The summed E-state index contributed by atoms with van der Waals surface area (Å²) < 4.78 is 0. The topological polar surface area (TPSA) is 38.8 Å². The average Bonchev–Trinajstić information content (AvgIpc) is 2.45. The van der Waals surface area contributed by atoms with E-state index >= 15 is 0 Å². The Kier molecular flexibility index (Phi) is 4.57. The molecule has 1 aromatic carbocycles. The quantitative estimate of drug-likeness (QED) is 0.905. The summed E-state index contributed by atoms with van der Waals surface area (Å²) in [7, 11) is 3.47. The van der Waals surface area contributed by atoms with E-state index in [1.165, 1.54) is 0 Å². The number of piperazine rings is 1. The summed E-state index contributed by atoms with van der Waals surface area (Å²) in [5.74, 6) is -0.0566. The van der Waals surface area contributed by atoms with Gasteiger partial charge < -0.3 is 15.1 Å². The minimum Gasteiger partial charge on any atom is -0.369 e. The zero-order valence-corrected chi connectivity index (χ0v) is 13.9. The molecule has 2 aliphatic rings. The molecule has 6 heteroatoms. The van der Waals surface area contributed by atoms with Gasteiger partial charge in [-0.1, -0.05) is 11.6 Å². The van der Waals surface area contributed by atoms with Gasteiger partial charge in [0.05, 0.1) is 10.6 Å². The van der Waals surface area contributed by atoms with Crippen molar-refractivity contribution >= 4 is 23.2 Å². The second-order valence-electron chi connectivity index (χ2n) is 6.20. The van der Waals surface area contributed by atoms with Gasteiger partial charge >= 0.3 is 0 Å². The largest absolute Gasteiger partial charge is 0.369 e. The van der Waals surface area contributed by atoms with Gasteiger partial charge in [-0.3, -0.25) is 9.69 Å². The lowest BCUT2D eigenvalue weighted by atomic mass is 10.1. The highest BCUT2D eigenvalue weighted by molar-refractivity contribution is 6.34. The number of amides is 1. The highest BCUT2D eigenvalue weighted by atomic mass is 35.5. The number of hydrogen-bond acceptors (Lipinski definition) is 4. The van der Waals surface area contributed by atoms with E-state index in [9.17, 15) is 4.79 Å². The molecular formula is C16H23ClN4O. The monoisotopic (exact) mass is 322 g/mol. The first-order valence-corrected chi connectivity index (χ1v) is 8.15. The molecule has 1 aromatic rings. The third-order valence-electron chi connectivity index (χ3n) is 4.54. The zero-order chi connectivity index (χ0) is 15.7. The van der Waals surface area contributed by atoms with Gasteiger partial charge in [0.1, 0.15) is 0 Å². The van der Waals surface area contributed by atoms with E-state index < -0.39 is 0 Å². The van der Waals surface area contributed by atoms with Gasteiger partial charge in [-0.2, -0.15) is 0 Å². The number of carbonyl (C=O) groups is 1. The summed E-state index contributed by atoms with van der Waals surface area (Å²) in [4.78, 5) is 18.5. The maximum Gasteiger partial charge on any atom is 0.254 e. The predicted octanol–water partition coefficient (Wildman–Crippen LogP) is 1.14. The van der Waals surface area contributed by atoms with Crippen molar-refractivity contribution in [1.29, 1.82) is 0 Å². The third kappa shape index (κ3) is 3.07. The molecule has 2 aliphatic heterocycles. The van der Waals surface area contributed by atoms with Crippen molar-refractivity contribution in [3.63, 3.8) is 0 Å². The molecule has 2 fully saturated rings. The molecule has 0 unspecified atom stereocenters. The van der Waals surface area contributed by atoms with Crippen molar-refractivity contribution < 1.29 is 4.79 Å². The molecule has 120 valence electrons. The van der Waals surface area contributed by atoms with E-state index in [0.29, 0.717) is 16.6 Å². The van der Waals surface area contributed by atoms with Crippen LogP contribution in [0.4, 0.5) is 5.69 Å². The van der Waals surface area contributed by atoms with Crippen molar-refractivity contribution in [2.45, 2.75) is 6.04 Å². The first kappa shape index (κ1) is 15.6. The lowest BCUT2D eigenvalue weighted by molar-refractivity contribution is 0.0828. The van der Waals surface area contributed by atoms with Crippen molar-refractivity contribution in [1.82, 2.24) is 15.1 Å². The number of anilines is 1. The molecule has 0 radical (unpaired) electrons. The number of nitrogens with zero attached hydrogens (tertiary/aromatic N) is 3. The van der Waals surface area contributed by atoms with Crippen LogP contribution in [-0.2, 0) is 0 Å². The summed E-state index contributed by atoms with van der Waals surface area (Å²) >= 11 is 6.31. The minimum absolute atomic E-state index is 0.0566. The van der Waals surface area contributed by atoms with Gasteiger partial charge in [0, 0.05) is 65.1 Å². The number of rotatable bonds is 3. The third-order valence-corrected chi connectivity index (χ3v) is 4.86. The number of benzene rings is 1. The van der Waals surface area contributed by atoms with Gasteiger partial charge in [0.2, 0.25) is 0 Å². The molecule has 5 nitrogen and oxygen atoms in total. The van der Waals surface area contributed by atoms with E-state index in [1.54, 1.807) is 19.0 Å². The second-order valence-corrected chi connectivity index (χ2v) is 6.61. The van der Waals surface area contributed by atoms with Gasteiger partial charge in [-0.25, -0.2) is 0 Å². The van der Waals surface area contributed by atoms with Crippen LogP contribution in [0, 0.1) is 0 Å². The van der Waals surface area contributed by atoms with Gasteiger partial charge in [0.15, 0.2) is 0 Å². The Morgan fingerprint density at radius 3 is 2.41 bits per heavy atom. The van der Waals surface area contributed by atoms with Gasteiger partial charge in [-0.15, -0.1) is 0 Å². The normalized spacial score (nSPS) is 19.9. The maximum atomic E-state index is 12.0. The molecule has 0 bridgehead atoms. The minimum atomic E-state index is -0.0566. The summed E-state index contributed by atoms with van der Waals surface area (Å²) in [6.45, 7) is 6.42. The Balaban J connectivity index is 1.65. The highest BCUT2D eigenvalue weighted by Crippen LogP contribution is 2.25. The van der Waals surface area contributed by atoms with E-state index in [1.807, 2.05) is 18.2 Å². The fourth-order valence-corrected chi connectivity index (χ4v) is 3.25. The first-order valence-electron chi connectivity index (χ1n) is 7.77. The van der Waals surface area contributed by atoms with E-state index in [-0.39, 0.29) is 5.91 Å². The fourth-order valence-electron chi connectivity index (χ4n) is 2.99. The first-order chi connectivity index (χ1) is 10.6. The number of nitrogens with one attached hydrogen (secondary N) is 1. The van der Waals surface area contributed by atoms with Crippen molar-refractivity contribution in [3.8, 4) is 0 Å². The Bertz CT molecular complexity index is 551. The number of hydrogen-bond donors (Lipinski definition) is 1. The molecule has 2 heterocycles. The van der Waals surface area contributed by atoms with Crippen molar-refractivity contribution in [2.24, 2.45) is 0 Å². The summed E-state index contributed by atoms with van der Waals surface area (Å²) in [5, 5.41) is 3.86. The molecule has 0 aliphatic carbocycles. The van der Waals surface area contributed by atoms with E-state index in [0.717, 1.165) is 45.0 Å². The molecule has 0 saturated carbocycles. The molecule has 1 N–H and O–H groups in total. The van der Waals surface area contributed by atoms with E-state index in [4.69, 9.17) is 11.6 Å². The Hall–Kier alpha value is -1.30. The van der Waals surface area contributed by atoms with Crippen LogP contribution in [0.3, 0.4) is 0 Å². The van der Waals surface area contributed by atoms with Gasteiger partial charge in [-0.05, 0) is 18.2 Å². The summed E-state index contributed by atoms with van der Waals surface area (Å²) in [5.41, 5.74) is 1.67. The summed E-state index contributed by atoms with van der Waals surface area (Å²) in [6, 6.07) is 6.47. The smallest absolute Gasteiger partial charge is 0.254 e. The van der Waals surface area contributed by atoms with Crippen LogP contribution in [0.15, 0.2) is 18.2 Å². The van der Waals surface area contributed by atoms with Crippen LogP contribution in [0.2, 0.25) is 5.02 Å². The Morgan fingerprint density at radius 2 is 1.91 bits per heavy atom. The predicted molar refractivity (Wildman–Crippen MR) is 89.9 cm³/mol. The lowest BCUT2D eigenvalue weighted by Crippen LogP contribution is -2.61. The van der Waals surface area contributed by atoms with Crippen molar-refractivity contribution in [3.05, 3.63) is 28.8 Å². The molecular weight excluding hydrogens is 300 g/mol. The zero-order valence-electron chi connectivity index (χ0n) is 13.2. The maximum absolute atomic E-state index is 12.0. The van der Waals surface area contributed by atoms with Crippen LogP contribution in [0.25, 0.3) is 0 Å². The van der Waals surface area contributed by atoms with Gasteiger partial charge in [0.25, 0.3) is 5.91 Å². The SMILES string of the molecule is CN(C)C(=O)c1ccc(N2CCN(C3CNC3)CC2)cc1Cl. The van der Waals surface area contributed by atoms with Crippen LogP contribution >= 0.6 is 11.6 Å². The van der Waals surface area contributed by atoms with Crippen molar-refractivity contribution in [2.75, 3.05) is 58.3 Å². The average molecular weight is 323 g/mol. The molecule has 0 atom stereocenters.